The number of anilines is 2. The predicted octanol–water partition coefficient (Wildman–Crippen LogP) is 4.46. The number of benzene rings is 1. The lowest BCUT2D eigenvalue weighted by atomic mass is 10.0. The van der Waals surface area contributed by atoms with Crippen LogP contribution in [0.5, 0.6) is 0 Å². The average Bonchev–Trinajstić information content (AvgIpc) is 3.43. The highest BCUT2D eigenvalue weighted by molar-refractivity contribution is 7.09. The van der Waals surface area contributed by atoms with E-state index in [2.05, 4.69) is 39.6 Å². The predicted molar refractivity (Wildman–Crippen MR) is 121 cm³/mol. The maximum absolute atomic E-state index is 12.3. The second kappa shape index (κ2) is 9.72. The minimum Gasteiger partial charge on any atom is -0.371 e. The largest absolute Gasteiger partial charge is 0.371 e. The lowest BCUT2D eigenvalue weighted by Crippen LogP contribution is -2.46. The lowest BCUT2D eigenvalue weighted by molar-refractivity contribution is -0.119. The highest BCUT2D eigenvalue weighted by atomic mass is 32.1. The minimum atomic E-state index is 0.189. The van der Waals surface area contributed by atoms with Crippen LogP contribution < -0.4 is 15.5 Å². The molecule has 1 aromatic heterocycles. The lowest BCUT2D eigenvalue weighted by Gasteiger charge is -2.35. The van der Waals surface area contributed by atoms with Crippen molar-refractivity contribution in [2.24, 2.45) is 5.92 Å². The smallest absolute Gasteiger partial charge is 0.227 e. The molecule has 2 aromatic rings. The monoisotopic (exact) mass is 412 g/mol. The normalized spacial score (nSPS) is 19.4. The topological polar surface area (TPSA) is 57.3 Å². The SMILES string of the molecule is CC(Cc1cncs1)NC1CCN(c2ccc(NC(=O)C3CCCC3)cc2)CC1. The van der Waals surface area contributed by atoms with Gasteiger partial charge in [-0.25, -0.2) is 0 Å². The fraction of sp³-hybridized carbons (Fsp3) is 0.565. The number of carbonyl (C=O) groups is 1. The molecule has 1 unspecified atom stereocenters. The molecular weight excluding hydrogens is 380 g/mol. The van der Waals surface area contributed by atoms with Crippen molar-refractivity contribution in [1.29, 1.82) is 0 Å². The number of aromatic nitrogens is 1. The minimum absolute atomic E-state index is 0.189. The van der Waals surface area contributed by atoms with Gasteiger partial charge in [-0.3, -0.25) is 9.78 Å². The Bertz CT molecular complexity index is 763. The van der Waals surface area contributed by atoms with Gasteiger partial charge in [0.15, 0.2) is 0 Å². The molecule has 4 rings (SSSR count). The number of thiazole rings is 1. The number of rotatable bonds is 7. The molecule has 1 aliphatic heterocycles. The van der Waals surface area contributed by atoms with Crippen molar-refractivity contribution < 1.29 is 4.79 Å². The summed E-state index contributed by atoms with van der Waals surface area (Å²) in [4.78, 5) is 20.3. The van der Waals surface area contributed by atoms with Gasteiger partial charge in [0.25, 0.3) is 0 Å². The summed E-state index contributed by atoms with van der Waals surface area (Å²) in [5, 5.41) is 6.88. The highest BCUT2D eigenvalue weighted by Gasteiger charge is 2.23. The molecule has 1 atom stereocenters. The molecule has 0 bridgehead atoms. The molecule has 29 heavy (non-hydrogen) atoms. The van der Waals surface area contributed by atoms with E-state index in [9.17, 15) is 4.79 Å². The summed E-state index contributed by atoms with van der Waals surface area (Å²) in [5.74, 6) is 0.397. The van der Waals surface area contributed by atoms with E-state index in [0.29, 0.717) is 12.1 Å². The van der Waals surface area contributed by atoms with Gasteiger partial charge >= 0.3 is 0 Å². The molecule has 1 aromatic carbocycles. The number of nitrogens with one attached hydrogen (secondary N) is 2. The van der Waals surface area contributed by atoms with Gasteiger partial charge in [0, 0.05) is 53.5 Å². The molecule has 2 N–H and O–H groups in total. The zero-order valence-electron chi connectivity index (χ0n) is 17.3. The van der Waals surface area contributed by atoms with Crippen molar-refractivity contribution in [3.63, 3.8) is 0 Å². The second-order valence-corrected chi connectivity index (χ2v) is 9.49. The second-order valence-electron chi connectivity index (χ2n) is 8.52. The van der Waals surface area contributed by atoms with Gasteiger partial charge in [-0.05, 0) is 63.3 Å². The standard InChI is InChI=1S/C23H32N4OS/c1-17(14-22-15-24-16-29-22)25-20-10-12-27(13-11-20)21-8-6-19(7-9-21)26-23(28)18-4-2-3-5-18/h6-9,15-18,20,25H,2-5,10-14H2,1H3,(H,26,28). The van der Waals surface area contributed by atoms with Gasteiger partial charge in [-0.2, -0.15) is 0 Å². The maximum Gasteiger partial charge on any atom is 0.227 e. The summed E-state index contributed by atoms with van der Waals surface area (Å²) >= 11 is 1.74. The van der Waals surface area contributed by atoms with Gasteiger partial charge in [-0.15, -0.1) is 11.3 Å². The molecule has 6 heteroatoms. The first-order valence-corrected chi connectivity index (χ1v) is 11.8. The Morgan fingerprint density at radius 1 is 1.17 bits per heavy atom. The third-order valence-electron chi connectivity index (χ3n) is 6.23. The van der Waals surface area contributed by atoms with E-state index in [1.807, 2.05) is 23.8 Å². The average molecular weight is 413 g/mol. The molecule has 2 heterocycles. The van der Waals surface area contributed by atoms with Crippen LogP contribution in [0.25, 0.3) is 0 Å². The number of piperidine rings is 1. The molecule has 0 spiro atoms. The van der Waals surface area contributed by atoms with Crippen LogP contribution in [0.4, 0.5) is 11.4 Å². The summed E-state index contributed by atoms with van der Waals surface area (Å²) < 4.78 is 0. The van der Waals surface area contributed by atoms with Crippen LogP contribution in [-0.2, 0) is 11.2 Å². The van der Waals surface area contributed by atoms with Crippen LogP contribution in [0.15, 0.2) is 36.0 Å². The van der Waals surface area contributed by atoms with E-state index in [1.165, 1.54) is 23.4 Å². The Morgan fingerprint density at radius 3 is 2.55 bits per heavy atom. The molecule has 1 saturated heterocycles. The maximum atomic E-state index is 12.3. The van der Waals surface area contributed by atoms with E-state index in [4.69, 9.17) is 0 Å². The molecule has 5 nitrogen and oxygen atoms in total. The summed E-state index contributed by atoms with van der Waals surface area (Å²) in [6.07, 6.45) is 9.80. The van der Waals surface area contributed by atoms with E-state index in [-0.39, 0.29) is 11.8 Å². The molecule has 1 amide bonds. The van der Waals surface area contributed by atoms with Crippen molar-refractivity contribution in [2.45, 2.75) is 64.0 Å². The summed E-state index contributed by atoms with van der Waals surface area (Å²) in [6, 6.07) is 9.44. The highest BCUT2D eigenvalue weighted by Crippen LogP contribution is 2.27. The Labute approximate surface area is 177 Å². The molecule has 0 radical (unpaired) electrons. The van der Waals surface area contributed by atoms with Gasteiger partial charge in [0.05, 0.1) is 5.51 Å². The van der Waals surface area contributed by atoms with Crippen LogP contribution in [-0.4, -0.2) is 36.1 Å². The third kappa shape index (κ3) is 5.58. The number of hydrogen-bond donors (Lipinski definition) is 2. The molecular formula is C23H32N4OS. The van der Waals surface area contributed by atoms with Gasteiger partial charge in [0.2, 0.25) is 5.91 Å². The molecule has 2 fully saturated rings. The first kappa shape index (κ1) is 20.4. The molecule has 2 aliphatic rings. The Morgan fingerprint density at radius 2 is 1.90 bits per heavy atom. The zero-order chi connectivity index (χ0) is 20.1. The van der Waals surface area contributed by atoms with Crippen LogP contribution in [0.2, 0.25) is 0 Å². The van der Waals surface area contributed by atoms with Crippen LogP contribution in [0.1, 0.15) is 50.3 Å². The van der Waals surface area contributed by atoms with Crippen LogP contribution >= 0.6 is 11.3 Å². The van der Waals surface area contributed by atoms with Gasteiger partial charge in [-0.1, -0.05) is 12.8 Å². The zero-order valence-corrected chi connectivity index (χ0v) is 18.1. The fourth-order valence-corrected chi connectivity index (χ4v) is 5.32. The first-order chi connectivity index (χ1) is 14.2. The van der Waals surface area contributed by atoms with Crippen molar-refractivity contribution in [3.8, 4) is 0 Å². The van der Waals surface area contributed by atoms with E-state index >= 15 is 0 Å². The third-order valence-corrected chi connectivity index (χ3v) is 7.03. The number of nitrogens with zero attached hydrogens (tertiary/aromatic N) is 2. The number of carbonyl (C=O) groups excluding carboxylic acids is 1. The van der Waals surface area contributed by atoms with Crippen molar-refractivity contribution in [2.75, 3.05) is 23.3 Å². The Balaban J connectivity index is 1.22. The van der Waals surface area contributed by atoms with Crippen LogP contribution in [0.3, 0.4) is 0 Å². The van der Waals surface area contributed by atoms with Crippen molar-refractivity contribution >= 4 is 28.6 Å². The Kier molecular flexibility index (Phi) is 6.82. The number of hydrogen-bond acceptors (Lipinski definition) is 5. The van der Waals surface area contributed by atoms with Gasteiger partial charge < -0.3 is 15.5 Å². The van der Waals surface area contributed by atoms with Crippen molar-refractivity contribution in [1.82, 2.24) is 10.3 Å². The van der Waals surface area contributed by atoms with E-state index in [0.717, 1.165) is 50.9 Å². The quantitative estimate of drug-likeness (QED) is 0.705. The number of amides is 1. The Hall–Kier alpha value is -1.92. The van der Waals surface area contributed by atoms with Gasteiger partial charge in [0.1, 0.15) is 0 Å². The van der Waals surface area contributed by atoms with Crippen molar-refractivity contribution in [3.05, 3.63) is 40.8 Å². The van der Waals surface area contributed by atoms with E-state index in [1.54, 1.807) is 11.3 Å². The first-order valence-electron chi connectivity index (χ1n) is 11.0. The fourth-order valence-electron chi connectivity index (χ4n) is 4.60. The molecule has 1 aliphatic carbocycles. The summed E-state index contributed by atoms with van der Waals surface area (Å²) in [6.45, 7) is 4.40. The summed E-state index contributed by atoms with van der Waals surface area (Å²) in [7, 11) is 0. The molecule has 1 saturated carbocycles. The summed E-state index contributed by atoms with van der Waals surface area (Å²) in [5.41, 5.74) is 4.07. The van der Waals surface area contributed by atoms with Crippen LogP contribution in [0, 0.1) is 5.92 Å². The van der Waals surface area contributed by atoms with E-state index < -0.39 is 0 Å². The molecule has 156 valence electrons.